The monoisotopic (exact) mass is 381 g/mol. The highest BCUT2D eigenvalue weighted by Gasteiger charge is 2.13. The van der Waals surface area contributed by atoms with E-state index in [1.54, 1.807) is 12.1 Å². The number of carbonyl (C=O) groups excluding carboxylic acids is 1. The molecule has 0 aliphatic rings. The van der Waals surface area contributed by atoms with Crippen molar-refractivity contribution in [2.24, 2.45) is 0 Å². The number of benzene rings is 2. The predicted molar refractivity (Wildman–Crippen MR) is 87.6 cm³/mol. The Hall–Kier alpha value is -1.40. The minimum absolute atomic E-state index is 0.0784. The number of amides is 1. The van der Waals surface area contributed by atoms with Crippen LogP contribution < -0.4 is 5.32 Å². The van der Waals surface area contributed by atoms with Crippen LogP contribution in [0.2, 0.25) is 0 Å². The second-order valence-electron chi connectivity index (χ2n) is 4.55. The molecule has 0 saturated carbocycles. The third-order valence-corrected chi connectivity index (χ3v) is 3.71. The molecule has 0 spiro atoms. The number of hydrogen-bond acceptors (Lipinski definition) is 2. The summed E-state index contributed by atoms with van der Waals surface area (Å²) in [6.07, 6.45) is 0.619. The molecule has 0 fully saturated rings. The van der Waals surface area contributed by atoms with Gasteiger partial charge in [-0.05, 0) is 58.8 Å². The van der Waals surface area contributed by atoms with Gasteiger partial charge < -0.3 is 10.4 Å². The molecule has 0 radical (unpaired) electrons. The Bertz CT molecular complexity index is 554. The van der Waals surface area contributed by atoms with E-state index in [1.165, 1.54) is 0 Å². The van der Waals surface area contributed by atoms with Crippen molar-refractivity contribution in [3.8, 4) is 0 Å². The van der Waals surface area contributed by atoms with E-state index in [9.17, 15) is 9.90 Å². The lowest BCUT2D eigenvalue weighted by atomic mass is 10.1. The number of nitrogens with one attached hydrogen (secondary N) is 1. The van der Waals surface area contributed by atoms with Gasteiger partial charge in [0, 0.05) is 9.13 Å². The summed E-state index contributed by atoms with van der Waals surface area (Å²) >= 11 is 2.20. The fraction of sp³-hybridized carbons (Fsp3) is 0.188. The number of carbonyl (C=O) groups is 1. The second-order valence-corrected chi connectivity index (χ2v) is 5.80. The molecule has 3 nitrogen and oxygen atoms in total. The van der Waals surface area contributed by atoms with Crippen LogP contribution >= 0.6 is 22.6 Å². The average molecular weight is 381 g/mol. The predicted octanol–water partition coefficient (Wildman–Crippen LogP) is 2.62. The maximum absolute atomic E-state index is 12.1. The van der Waals surface area contributed by atoms with Crippen LogP contribution in [0.3, 0.4) is 0 Å². The fourth-order valence-electron chi connectivity index (χ4n) is 1.93. The fourth-order valence-corrected chi connectivity index (χ4v) is 2.29. The molecule has 2 N–H and O–H groups in total. The van der Waals surface area contributed by atoms with Crippen LogP contribution in [0.4, 0.5) is 0 Å². The van der Waals surface area contributed by atoms with Crippen molar-refractivity contribution in [2.75, 3.05) is 6.61 Å². The van der Waals surface area contributed by atoms with E-state index in [0.717, 1.165) is 9.13 Å². The van der Waals surface area contributed by atoms with E-state index in [2.05, 4.69) is 27.9 Å². The van der Waals surface area contributed by atoms with Crippen LogP contribution in [0.25, 0.3) is 0 Å². The molecule has 0 aliphatic carbocycles. The summed E-state index contributed by atoms with van der Waals surface area (Å²) in [6, 6.07) is 16.9. The quantitative estimate of drug-likeness (QED) is 0.783. The molecule has 20 heavy (non-hydrogen) atoms. The van der Waals surface area contributed by atoms with Crippen molar-refractivity contribution in [2.45, 2.75) is 12.5 Å². The van der Waals surface area contributed by atoms with Crippen molar-refractivity contribution in [3.05, 3.63) is 69.3 Å². The van der Waals surface area contributed by atoms with Gasteiger partial charge in [0.15, 0.2) is 0 Å². The number of hydrogen-bond donors (Lipinski definition) is 2. The van der Waals surface area contributed by atoms with Crippen LogP contribution in [-0.4, -0.2) is 23.7 Å². The zero-order valence-corrected chi connectivity index (χ0v) is 13.1. The zero-order valence-electron chi connectivity index (χ0n) is 10.9. The summed E-state index contributed by atoms with van der Waals surface area (Å²) in [7, 11) is 0. The Labute approximate surface area is 132 Å². The van der Waals surface area contributed by atoms with E-state index in [1.807, 2.05) is 42.5 Å². The molecule has 0 unspecified atom stereocenters. The summed E-state index contributed by atoms with van der Waals surface area (Å²) in [5.74, 6) is -0.156. The maximum atomic E-state index is 12.1. The smallest absolute Gasteiger partial charge is 0.251 e. The molecule has 0 bridgehead atoms. The lowest BCUT2D eigenvalue weighted by molar-refractivity contribution is 0.0916. The van der Waals surface area contributed by atoms with Gasteiger partial charge in [-0.25, -0.2) is 0 Å². The van der Waals surface area contributed by atoms with Gasteiger partial charge in [-0.1, -0.05) is 30.3 Å². The Morgan fingerprint density at radius 1 is 1.10 bits per heavy atom. The van der Waals surface area contributed by atoms with Crippen molar-refractivity contribution in [1.82, 2.24) is 5.32 Å². The lowest BCUT2D eigenvalue weighted by Crippen LogP contribution is -2.39. The Morgan fingerprint density at radius 3 is 2.35 bits per heavy atom. The molecule has 0 saturated heterocycles. The summed E-state index contributed by atoms with van der Waals surface area (Å²) < 4.78 is 1.09. The number of aliphatic hydroxyl groups is 1. The first-order valence-electron chi connectivity index (χ1n) is 6.40. The highest BCUT2D eigenvalue weighted by Crippen LogP contribution is 2.08. The first-order chi connectivity index (χ1) is 9.69. The Kier molecular flexibility index (Phi) is 5.55. The standard InChI is InChI=1S/C16H16INO2/c17-14-8-6-13(7-9-14)16(20)18-15(11-19)10-12-4-2-1-3-5-12/h1-9,15,19H,10-11H2,(H,18,20)/t15-/m0/s1. The molecule has 1 atom stereocenters. The molecule has 2 aromatic carbocycles. The van der Waals surface area contributed by atoms with Crippen LogP contribution in [0.15, 0.2) is 54.6 Å². The topological polar surface area (TPSA) is 49.3 Å². The highest BCUT2D eigenvalue weighted by molar-refractivity contribution is 14.1. The minimum atomic E-state index is -0.274. The third-order valence-electron chi connectivity index (χ3n) is 2.99. The van der Waals surface area contributed by atoms with Gasteiger partial charge in [0.2, 0.25) is 0 Å². The number of halogens is 1. The van der Waals surface area contributed by atoms with Gasteiger partial charge in [-0.15, -0.1) is 0 Å². The molecule has 4 heteroatoms. The van der Waals surface area contributed by atoms with E-state index < -0.39 is 0 Å². The van der Waals surface area contributed by atoms with Crippen LogP contribution in [0, 0.1) is 3.57 Å². The van der Waals surface area contributed by atoms with Gasteiger partial charge >= 0.3 is 0 Å². The second kappa shape index (κ2) is 7.40. The minimum Gasteiger partial charge on any atom is -0.394 e. The number of rotatable bonds is 5. The molecule has 0 heterocycles. The van der Waals surface area contributed by atoms with Crippen LogP contribution in [0.5, 0.6) is 0 Å². The van der Waals surface area contributed by atoms with Crippen molar-refractivity contribution in [1.29, 1.82) is 0 Å². The van der Waals surface area contributed by atoms with Gasteiger partial charge in [0.05, 0.1) is 12.6 Å². The van der Waals surface area contributed by atoms with E-state index >= 15 is 0 Å². The van der Waals surface area contributed by atoms with E-state index in [0.29, 0.717) is 12.0 Å². The Morgan fingerprint density at radius 2 is 1.75 bits per heavy atom. The van der Waals surface area contributed by atoms with E-state index in [4.69, 9.17) is 0 Å². The average Bonchev–Trinajstić information content (AvgIpc) is 2.48. The summed E-state index contributed by atoms with van der Waals surface area (Å²) in [4.78, 5) is 12.1. The molecule has 0 aromatic heterocycles. The SMILES string of the molecule is O=C(N[C@H](CO)Cc1ccccc1)c1ccc(I)cc1. The first-order valence-corrected chi connectivity index (χ1v) is 7.48. The largest absolute Gasteiger partial charge is 0.394 e. The molecular weight excluding hydrogens is 365 g/mol. The van der Waals surface area contributed by atoms with Crippen LogP contribution in [0.1, 0.15) is 15.9 Å². The van der Waals surface area contributed by atoms with Gasteiger partial charge in [0.25, 0.3) is 5.91 Å². The molecular formula is C16H16INO2. The van der Waals surface area contributed by atoms with Gasteiger partial charge in [0.1, 0.15) is 0 Å². The first kappa shape index (κ1) is 15.0. The summed E-state index contributed by atoms with van der Waals surface area (Å²) in [6.45, 7) is -0.0784. The van der Waals surface area contributed by atoms with Crippen molar-refractivity contribution < 1.29 is 9.90 Å². The van der Waals surface area contributed by atoms with Gasteiger partial charge in [-0.2, -0.15) is 0 Å². The maximum Gasteiger partial charge on any atom is 0.251 e. The molecule has 2 rings (SSSR count). The molecule has 104 valence electrons. The summed E-state index contributed by atoms with van der Waals surface area (Å²) in [5, 5.41) is 12.3. The van der Waals surface area contributed by atoms with Crippen molar-refractivity contribution >= 4 is 28.5 Å². The normalized spacial score (nSPS) is 11.9. The highest BCUT2D eigenvalue weighted by atomic mass is 127. The molecule has 1 amide bonds. The summed E-state index contributed by atoms with van der Waals surface area (Å²) in [5.41, 5.74) is 1.70. The number of aliphatic hydroxyl groups excluding tert-OH is 1. The third kappa shape index (κ3) is 4.31. The van der Waals surface area contributed by atoms with E-state index in [-0.39, 0.29) is 18.6 Å². The Balaban J connectivity index is 1.99. The van der Waals surface area contributed by atoms with Gasteiger partial charge in [-0.3, -0.25) is 4.79 Å². The van der Waals surface area contributed by atoms with Crippen molar-refractivity contribution in [3.63, 3.8) is 0 Å². The zero-order chi connectivity index (χ0) is 14.4. The molecule has 2 aromatic rings. The van der Waals surface area contributed by atoms with Crippen LogP contribution in [-0.2, 0) is 6.42 Å². The molecule has 0 aliphatic heterocycles. The lowest BCUT2D eigenvalue weighted by Gasteiger charge is -2.16.